The van der Waals surface area contributed by atoms with Gasteiger partial charge in [0.2, 0.25) is 0 Å². The van der Waals surface area contributed by atoms with Gasteiger partial charge in [-0.2, -0.15) is 0 Å². The third kappa shape index (κ3) is 10.9. The molecule has 2 nitrogen and oxygen atoms in total. The lowest BCUT2D eigenvalue weighted by atomic mass is 10.1. The number of alkyl halides is 2. The predicted octanol–water partition coefficient (Wildman–Crippen LogP) is 4.86. The van der Waals surface area contributed by atoms with Gasteiger partial charge in [-0.3, -0.25) is 4.79 Å². The second-order valence-electron chi connectivity index (χ2n) is 4.45. The van der Waals surface area contributed by atoms with Crippen LogP contribution in [0.3, 0.4) is 0 Å². The Labute approximate surface area is 115 Å². The van der Waals surface area contributed by atoms with Crippen molar-refractivity contribution in [3.63, 3.8) is 0 Å². The number of hydrogen-bond donors (Lipinski definition) is 0. The minimum Gasteiger partial charge on any atom is -0.469 e. The highest BCUT2D eigenvalue weighted by Crippen LogP contribution is 2.33. The van der Waals surface area contributed by atoms with Gasteiger partial charge in [0, 0.05) is 6.42 Å². The number of hydrogen-bond acceptors (Lipinski definition) is 2. The number of methoxy groups -OCH3 is 1. The van der Waals surface area contributed by atoms with Gasteiger partial charge in [0.25, 0.3) is 0 Å². The van der Waals surface area contributed by atoms with E-state index in [2.05, 4.69) is 11.7 Å². The van der Waals surface area contributed by atoms with Crippen molar-refractivity contribution in [2.75, 3.05) is 7.11 Å². The summed E-state index contributed by atoms with van der Waals surface area (Å²) in [5.41, 5.74) is 0. The maximum Gasteiger partial charge on any atom is 0.305 e. The Kier molecular flexibility index (Phi) is 10.0. The Morgan fingerprint density at radius 2 is 1.65 bits per heavy atom. The van der Waals surface area contributed by atoms with Crippen molar-refractivity contribution in [2.45, 2.75) is 69.0 Å². The van der Waals surface area contributed by atoms with Crippen LogP contribution >= 0.6 is 23.2 Å². The average molecular weight is 283 g/mol. The molecule has 102 valence electrons. The van der Waals surface area contributed by atoms with Crippen molar-refractivity contribution in [3.05, 3.63) is 0 Å². The van der Waals surface area contributed by atoms with Gasteiger partial charge in [-0.05, 0) is 19.3 Å². The number of carbonyl (C=O) groups excluding carboxylic acids is 1. The van der Waals surface area contributed by atoms with Gasteiger partial charge in [-0.25, -0.2) is 0 Å². The van der Waals surface area contributed by atoms with Crippen molar-refractivity contribution < 1.29 is 9.53 Å². The normalized spacial score (nSPS) is 11.5. The summed E-state index contributed by atoms with van der Waals surface area (Å²) in [4.78, 5) is 10.9. The van der Waals surface area contributed by atoms with Gasteiger partial charge in [0.15, 0.2) is 0 Å². The number of esters is 1. The maximum absolute atomic E-state index is 10.9. The molecule has 0 atom stereocenters. The summed E-state index contributed by atoms with van der Waals surface area (Å²) in [5, 5.41) is 0. The highest BCUT2D eigenvalue weighted by molar-refractivity contribution is 6.48. The molecule has 0 saturated heterocycles. The first kappa shape index (κ1) is 17.1. The standard InChI is InChI=1S/C13H24Cl2O2/c1-3-4-7-10-13(14,15)11-8-5-6-9-12(16)17-2/h3-11H2,1-2H3. The lowest BCUT2D eigenvalue weighted by molar-refractivity contribution is -0.140. The van der Waals surface area contributed by atoms with E-state index in [1.807, 2.05) is 0 Å². The summed E-state index contributed by atoms with van der Waals surface area (Å²) in [6, 6.07) is 0. The topological polar surface area (TPSA) is 26.3 Å². The van der Waals surface area contributed by atoms with Crippen molar-refractivity contribution >= 4 is 29.2 Å². The van der Waals surface area contributed by atoms with E-state index in [0.717, 1.165) is 38.5 Å². The minimum atomic E-state index is -0.583. The summed E-state index contributed by atoms with van der Waals surface area (Å²) in [6.07, 6.45) is 8.41. The molecule has 0 aromatic rings. The number of unbranched alkanes of at least 4 members (excludes halogenated alkanes) is 4. The zero-order chi connectivity index (χ0) is 13.1. The molecule has 0 unspecified atom stereocenters. The zero-order valence-corrected chi connectivity index (χ0v) is 12.4. The minimum absolute atomic E-state index is 0.143. The summed E-state index contributed by atoms with van der Waals surface area (Å²) < 4.78 is 3.99. The fraction of sp³-hybridized carbons (Fsp3) is 0.923. The molecule has 0 radical (unpaired) electrons. The van der Waals surface area contributed by atoms with E-state index >= 15 is 0 Å². The molecule has 17 heavy (non-hydrogen) atoms. The van der Waals surface area contributed by atoms with Crippen molar-refractivity contribution in [1.82, 2.24) is 0 Å². The van der Waals surface area contributed by atoms with Crippen LogP contribution in [0.2, 0.25) is 0 Å². The summed E-state index contributed by atoms with van der Waals surface area (Å²) >= 11 is 12.4. The van der Waals surface area contributed by atoms with Crippen LogP contribution in [-0.4, -0.2) is 17.4 Å². The molecule has 0 aliphatic heterocycles. The third-order valence-corrected chi connectivity index (χ3v) is 3.55. The first-order valence-electron chi connectivity index (χ1n) is 6.46. The molecule has 4 heteroatoms. The van der Waals surface area contributed by atoms with E-state index in [0.29, 0.717) is 6.42 Å². The predicted molar refractivity (Wildman–Crippen MR) is 73.7 cm³/mol. The summed E-state index contributed by atoms with van der Waals surface area (Å²) in [7, 11) is 1.42. The lowest BCUT2D eigenvalue weighted by Crippen LogP contribution is -2.12. The number of ether oxygens (including phenoxy) is 1. The molecule has 0 aromatic carbocycles. The quantitative estimate of drug-likeness (QED) is 0.325. The molecule has 0 rings (SSSR count). The van der Waals surface area contributed by atoms with Crippen LogP contribution in [0.4, 0.5) is 0 Å². The van der Waals surface area contributed by atoms with E-state index < -0.39 is 4.33 Å². The highest BCUT2D eigenvalue weighted by Gasteiger charge is 2.22. The number of halogens is 2. The van der Waals surface area contributed by atoms with Crippen LogP contribution in [-0.2, 0) is 9.53 Å². The van der Waals surface area contributed by atoms with Gasteiger partial charge in [-0.15, -0.1) is 23.2 Å². The van der Waals surface area contributed by atoms with Gasteiger partial charge in [-0.1, -0.05) is 39.0 Å². The molecular formula is C13H24Cl2O2. The fourth-order valence-electron chi connectivity index (χ4n) is 1.69. The SMILES string of the molecule is CCCCCC(Cl)(Cl)CCCCCC(=O)OC. The van der Waals surface area contributed by atoms with E-state index in [9.17, 15) is 4.79 Å². The van der Waals surface area contributed by atoms with Gasteiger partial charge < -0.3 is 4.74 Å². The molecule has 0 amide bonds. The summed E-state index contributed by atoms with van der Waals surface area (Å²) in [5.74, 6) is -0.143. The molecule has 0 fully saturated rings. The monoisotopic (exact) mass is 282 g/mol. The van der Waals surface area contributed by atoms with Crippen LogP contribution in [0.25, 0.3) is 0 Å². The number of carbonyl (C=O) groups is 1. The second kappa shape index (κ2) is 10.0. The highest BCUT2D eigenvalue weighted by atomic mass is 35.5. The Morgan fingerprint density at radius 3 is 2.18 bits per heavy atom. The molecule has 0 aliphatic rings. The van der Waals surface area contributed by atoms with Crippen molar-refractivity contribution in [3.8, 4) is 0 Å². The van der Waals surface area contributed by atoms with Gasteiger partial charge >= 0.3 is 5.97 Å². The van der Waals surface area contributed by atoms with E-state index in [1.165, 1.54) is 20.0 Å². The molecule has 0 N–H and O–H groups in total. The number of rotatable bonds is 10. The molecule has 0 saturated carbocycles. The van der Waals surface area contributed by atoms with Crippen LogP contribution in [0, 0.1) is 0 Å². The molecule has 0 spiro atoms. The Morgan fingerprint density at radius 1 is 1.06 bits per heavy atom. The Hall–Kier alpha value is 0.0500. The smallest absolute Gasteiger partial charge is 0.305 e. The molecule has 0 aliphatic carbocycles. The van der Waals surface area contributed by atoms with Gasteiger partial charge in [0.05, 0.1) is 7.11 Å². The first-order chi connectivity index (χ1) is 8.02. The third-order valence-electron chi connectivity index (χ3n) is 2.80. The molecule has 0 heterocycles. The van der Waals surface area contributed by atoms with Crippen molar-refractivity contribution in [2.24, 2.45) is 0 Å². The zero-order valence-electron chi connectivity index (χ0n) is 10.9. The van der Waals surface area contributed by atoms with Crippen LogP contribution in [0.1, 0.15) is 64.7 Å². The molecular weight excluding hydrogens is 259 g/mol. The Bertz CT molecular complexity index is 206. The second-order valence-corrected chi connectivity index (χ2v) is 6.09. The van der Waals surface area contributed by atoms with E-state index in [-0.39, 0.29) is 5.97 Å². The lowest BCUT2D eigenvalue weighted by Gasteiger charge is -2.19. The van der Waals surface area contributed by atoms with E-state index in [4.69, 9.17) is 23.2 Å². The summed E-state index contributed by atoms with van der Waals surface area (Å²) in [6.45, 7) is 2.16. The maximum atomic E-state index is 10.9. The van der Waals surface area contributed by atoms with E-state index in [1.54, 1.807) is 0 Å². The Balaban J connectivity index is 3.48. The van der Waals surface area contributed by atoms with Crippen LogP contribution in [0.15, 0.2) is 0 Å². The van der Waals surface area contributed by atoms with Crippen LogP contribution in [0.5, 0.6) is 0 Å². The van der Waals surface area contributed by atoms with Crippen LogP contribution < -0.4 is 0 Å². The molecule has 0 aromatic heterocycles. The largest absolute Gasteiger partial charge is 0.469 e. The van der Waals surface area contributed by atoms with Crippen molar-refractivity contribution in [1.29, 1.82) is 0 Å². The first-order valence-corrected chi connectivity index (χ1v) is 7.22. The average Bonchev–Trinajstić information content (AvgIpc) is 2.28. The van der Waals surface area contributed by atoms with Gasteiger partial charge in [0.1, 0.15) is 4.33 Å². The fourth-order valence-corrected chi connectivity index (χ4v) is 2.22. The molecule has 0 bridgehead atoms.